The average molecular weight is 489 g/mol. The van der Waals surface area contributed by atoms with Crippen LogP contribution < -0.4 is 10.6 Å². The highest BCUT2D eigenvalue weighted by Crippen LogP contribution is 2.37. The fraction of sp³-hybridized carbons (Fsp3) is 0.320. The lowest BCUT2D eigenvalue weighted by atomic mass is 9.93. The fourth-order valence-corrected chi connectivity index (χ4v) is 4.96. The number of aliphatic hydroxyl groups is 1. The Labute approximate surface area is 207 Å². The highest BCUT2D eigenvalue weighted by Gasteiger charge is 2.47. The van der Waals surface area contributed by atoms with E-state index >= 15 is 0 Å². The molecule has 4 heterocycles. The zero-order valence-corrected chi connectivity index (χ0v) is 20.6. The standard InChI is InChI=1S/C25H28N8O3/c1-15(35)31-12-19(13-34)32(24(36)25(31,2)3)18-7-5-6-16(8-18)21-9-20(17-10-28-30(4)11-17)22-23(26)27-14-29-33(21)22/h5-11,14,19,34H,12-13H2,1-4H3,(H2,26,27,29). The number of hydrogen-bond acceptors (Lipinski definition) is 7. The van der Waals surface area contributed by atoms with E-state index in [1.165, 1.54) is 18.2 Å². The molecule has 36 heavy (non-hydrogen) atoms. The van der Waals surface area contributed by atoms with Crippen molar-refractivity contribution in [1.29, 1.82) is 0 Å². The number of benzene rings is 1. The average Bonchev–Trinajstić information content (AvgIpc) is 3.45. The number of aromatic nitrogens is 5. The molecule has 4 aromatic rings. The third-order valence-corrected chi connectivity index (χ3v) is 6.78. The molecule has 0 radical (unpaired) electrons. The number of carbonyl (C=O) groups is 2. The molecule has 1 aliphatic rings. The number of nitrogens with two attached hydrogens (primary N) is 1. The van der Waals surface area contributed by atoms with Gasteiger partial charge in [0.2, 0.25) is 5.91 Å². The number of aryl methyl sites for hydroxylation is 1. The number of carbonyl (C=O) groups excluding carboxylic acids is 2. The number of fused-ring (bicyclic) bond motifs is 1. The number of anilines is 2. The Balaban J connectivity index is 1.63. The van der Waals surface area contributed by atoms with E-state index in [2.05, 4.69) is 15.2 Å². The topological polar surface area (TPSA) is 135 Å². The van der Waals surface area contributed by atoms with Crippen LogP contribution >= 0.6 is 0 Å². The van der Waals surface area contributed by atoms with Crippen molar-refractivity contribution in [2.75, 3.05) is 23.8 Å². The molecule has 1 saturated heterocycles. The molecular formula is C25H28N8O3. The normalized spacial score (nSPS) is 17.7. The van der Waals surface area contributed by atoms with Gasteiger partial charge in [-0.2, -0.15) is 10.2 Å². The summed E-state index contributed by atoms with van der Waals surface area (Å²) in [5.74, 6) is -0.133. The first-order valence-electron chi connectivity index (χ1n) is 11.6. The highest BCUT2D eigenvalue weighted by molar-refractivity contribution is 6.04. The van der Waals surface area contributed by atoms with E-state index in [1.54, 1.807) is 34.1 Å². The fourth-order valence-electron chi connectivity index (χ4n) is 4.96. The zero-order valence-electron chi connectivity index (χ0n) is 20.6. The molecule has 0 saturated carbocycles. The SMILES string of the molecule is CC(=O)N1CC(CO)N(c2cccc(-c3cc(-c4cnn(C)c4)c4c(N)ncnn34)c2)C(=O)C1(C)C. The summed E-state index contributed by atoms with van der Waals surface area (Å²) in [7, 11) is 1.84. The van der Waals surface area contributed by atoms with Crippen molar-refractivity contribution in [1.82, 2.24) is 29.3 Å². The van der Waals surface area contributed by atoms with Gasteiger partial charge in [-0.25, -0.2) is 9.50 Å². The van der Waals surface area contributed by atoms with Gasteiger partial charge in [0.15, 0.2) is 5.82 Å². The number of aliphatic hydroxyl groups excluding tert-OH is 1. The molecule has 3 N–H and O–H groups in total. The molecule has 1 unspecified atom stereocenters. The Hall–Kier alpha value is -4.25. The summed E-state index contributed by atoms with van der Waals surface area (Å²) in [6.45, 7) is 4.84. The lowest BCUT2D eigenvalue weighted by molar-refractivity contribution is -0.147. The lowest BCUT2D eigenvalue weighted by Crippen LogP contribution is -2.68. The summed E-state index contributed by atoms with van der Waals surface area (Å²) in [5.41, 5.74) is 9.74. The van der Waals surface area contributed by atoms with Crippen LogP contribution in [0.3, 0.4) is 0 Å². The summed E-state index contributed by atoms with van der Waals surface area (Å²) in [4.78, 5) is 33.1. The van der Waals surface area contributed by atoms with E-state index in [9.17, 15) is 14.7 Å². The lowest BCUT2D eigenvalue weighted by Gasteiger charge is -2.49. The van der Waals surface area contributed by atoms with Crippen LogP contribution in [0, 0.1) is 0 Å². The van der Waals surface area contributed by atoms with Gasteiger partial charge in [0.1, 0.15) is 17.4 Å². The number of piperazine rings is 1. The third kappa shape index (κ3) is 3.59. The monoisotopic (exact) mass is 488 g/mol. The largest absolute Gasteiger partial charge is 0.394 e. The first-order chi connectivity index (χ1) is 17.1. The van der Waals surface area contributed by atoms with E-state index in [1.807, 2.05) is 43.6 Å². The molecule has 0 bridgehead atoms. The van der Waals surface area contributed by atoms with Crippen molar-refractivity contribution in [3.63, 3.8) is 0 Å². The van der Waals surface area contributed by atoms with Crippen molar-refractivity contribution in [2.24, 2.45) is 7.05 Å². The van der Waals surface area contributed by atoms with E-state index in [-0.39, 0.29) is 25.0 Å². The molecule has 1 fully saturated rings. The van der Waals surface area contributed by atoms with Crippen LogP contribution in [0.25, 0.3) is 27.9 Å². The quantitative estimate of drug-likeness (QED) is 0.446. The first kappa shape index (κ1) is 23.5. The minimum atomic E-state index is -1.05. The van der Waals surface area contributed by atoms with Gasteiger partial charge in [-0.1, -0.05) is 12.1 Å². The molecule has 11 heteroatoms. The van der Waals surface area contributed by atoms with Gasteiger partial charge < -0.3 is 20.6 Å². The molecule has 11 nitrogen and oxygen atoms in total. The van der Waals surface area contributed by atoms with Crippen molar-refractivity contribution in [3.05, 3.63) is 49.1 Å². The molecule has 1 aliphatic heterocycles. The molecule has 0 spiro atoms. The van der Waals surface area contributed by atoms with Crippen molar-refractivity contribution < 1.29 is 14.7 Å². The van der Waals surface area contributed by atoms with E-state index in [4.69, 9.17) is 5.73 Å². The number of amides is 2. The van der Waals surface area contributed by atoms with Gasteiger partial charge in [0.05, 0.1) is 24.5 Å². The Morgan fingerprint density at radius 3 is 2.67 bits per heavy atom. The summed E-state index contributed by atoms with van der Waals surface area (Å²) >= 11 is 0. The number of nitrogen functional groups attached to an aromatic ring is 1. The van der Waals surface area contributed by atoms with Gasteiger partial charge in [-0.05, 0) is 32.0 Å². The number of hydrogen-bond donors (Lipinski definition) is 2. The smallest absolute Gasteiger partial charge is 0.252 e. The Kier molecular flexibility index (Phi) is 5.51. The van der Waals surface area contributed by atoms with Crippen molar-refractivity contribution in [2.45, 2.75) is 32.4 Å². The van der Waals surface area contributed by atoms with Gasteiger partial charge in [0.25, 0.3) is 5.91 Å². The van der Waals surface area contributed by atoms with Crippen LogP contribution in [0.15, 0.2) is 49.1 Å². The predicted molar refractivity (Wildman–Crippen MR) is 135 cm³/mol. The maximum Gasteiger partial charge on any atom is 0.252 e. The number of nitrogens with zero attached hydrogens (tertiary/aromatic N) is 7. The molecule has 2 amide bonds. The van der Waals surface area contributed by atoms with Crippen LogP contribution in [0.1, 0.15) is 20.8 Å². The molecule has 0 aliphatic carbocycles. The van der Waals surface area contributed by atoms with Gasteiger partial charge in [-0.15, -0.1) is 0 Å². The zero-order chi connectivity index (χ0) is 25.8. The Morgan fingerprint density at radius 2 is 2.00 bits per heavy atom. The third-order valence-electron chi connectivity index (χ3n) is 6.78. The van der Waals surface area contributed by atoms with E-state index in [0.717, 1.165) is 22.4 Å². The summed E-state index contributed by atoms with van der Waals surface area (Å²) in [6, 6.07) is 8.88. The first-order valence-corrected chi connectivity index (χ1v) is 11.6. The second-order valence-corrected chi connectivity index (χ2v) is 9.50. The minimum absolute atomic E-state index is 0.208. The summed E-state index contributed by atoms with van der Waals surface area (Å²) < 4.78 is 3.44. The molecule has 5 rings (SSSR count). The van der Waals surface area contributed by atoms with E-state index < -0.39 is 11.6 Å². The Morgan fingerprint density at radius 1 is 1.22 bits per heavy atom. The second-order valence-electron chi connectivity index (χ2n) is 9.50. The molecule has 1 aromatic carbocycles. The van der Waals surface area contributed by atoms with Crippen LogP contribution in [0.2, 0.25) is 0 Å². The second kappa shape index (κ2) is 8.45. The maximum absolute atomic E-state index is 13.6. The predicted octanol–water partition coefficient (Wildman–Crippen LogP) is 1.71. The van der Waals surface area contributed by atoms with Crippen LogP contribution in [-0.2, 0) is 16.6 Å². The van der Waals surface area contributed by atoms with Crippen molar-refractivity contribution >= 4 is 28.8 Å². The van der Waals surface area contributed by atoms with Gasteiger partial charge >= 0.3 is 0 Å². The van der Waals surface area contributed by atoms with Gasteiger partial charge in [-0.3, -0.25) is 14.3 Å². The molecular weight excluding hydrogens is 460 g/mol. The highest BCUT2D eigenvalue weighted by atomic mass is 16.3. The number of rotatable bonds is 4. The van der Waals surface area contributed by atoms with Crippen molar-refractivity contribution in [3.8, 4) is 22.4 Å². The minimum Gasteiger partial charge on any atom is -0.394 e. The van der Waals surface area contributed by atoms with E-state index in [0.29, 0.717) is 17.0 Å². The Bertz CT molecular complexity index is 1490. The van der Waals surface area contributed by atoms with Crippen LogP contribution in [0.5, 0.6) is 0 Å². The summed E-state index contributed by atoms with van der Waals surface area (Å²) in [6.07, 6.45) is 5.05. The van der Waals surface area contributed by atoms with Gasteiger partial charge in [0, 0.05) is 49.1 Å². The molecule has 186 valence electrons. The molecule has 3 aromatic heterocycles. The maximum atomic E-state index is 13.6. The summed E-state index contributed by atoms with van der Waals surface area (Å²) in [5, 5.41) is 18.8. The molecule has 1 atom stereocenters. The van der Waals surface area contributed by atoms with Crippen LogP contribution in [-0.4, -0.2) is 70.9 Å². The van der Waals surface area contributed by atoms with Crippen LogP contribution in [0.4, 0.5) is 11.5 Å².